The van der Waals surface area contributed by atoms with Crippen molar-refractivity contribution in [3.8, 4) is 0 Å². The van der Waals surface area contributed by atoms with Crippen LogP contribution in [-0.4, -0.2) is 17.3 Å². The zero-order valence-corrected chi connectivity index (χ0v) is 9.68. The van der Waals surface area contributed by atoms with Crippen molar-refractivity contribution in [2.45, 2.75) is 20.3 Å². The van der Waals surface area contributed by atoms with Gasteiger partial charge in [0.1, 0.15) is 0 Å². The van der Waals surface area contributed by atoms with E-state index in [0.29, 0.717) is 0 Å². The molecule has 0 saturated heterocycles. The van der Waals surface area contributed by atoms with Gasteiger partial charge >= 0.3 is 0 Å². The molecular weight excluding hydrogens is 190 g/mol. The van der Waals surface area contributed by atoms with E-state index in [4.69, 9.17) is 0 Å². The second-order valence-corrected chi connectivity index (χ2v) is 4.24. The summed E-state index contributed by atoms with van der Waals surface area (Å²) in [4.78, 5) is 4.58. The van der Waals surface area contributed by atoms with Crippen LogP contribution in [0.25, 0.3) is 0 Å². The SMILES string of the molecule is CCCN=C(SCC)c1ccccc1. The summed E-state index contributed by atoms with van der Waals surface area (Å²) in [5.74, 6) is 1.08. The molecule has 2 heteroatoms. The number of benzene rings is 1. The molecule has 0 atom stereocenters. The third kappa shape index (κ3) is 3.54. The van der Waals surface area contributed by atoms with Crippen LogP contribution in [0.5, 0.6) is 0 Å². The van der Waals surface area contributed by atoms with Gasteiger partial charge in [-0.05, 0) is 12.2 Å². The first-order chi connectivity index (χ1) is 6.88. The second kappa shape index (κ2) is 6.66. The molecule has 0 bridgehead atoms. The Bertz CT molecular complexity index is 280. The standard InChI is InChI=1S/C12H17NS/c1-3-10-13-12(14-4-2)11-8-6-5-7-9-11/h5-9H,3-4,10H2,1-2H3. The predicted molar refractivity (Wildman–Crippen MR) is 66.3 cm³/mol. The van der Waals surface area contributed by atoms with Crippen LogP contribution < -0.4 is 0 Å². The molecule has 0 N–H and O–H groups in total. The highest BCUT2D eigenvalue weighted by Crippen LogP contribution is 2.13. The van der Waals surface area contributed by atoms with Crippen LogP contribution in [0.2, 0.25) is 0 Å². The Labute approximate surface area is 90.6 Å². The first kappa shape index (κ1) is 11.3. The summed E-state index contributed by atoms with van der Waals surface area (Å²) in [6, 6.07) is 10.4. The fourth-order valence-electron chi connectivity index (χ4n) is 1.15. The average molecular weight is 207 g/mol. The molecule has 76 valence electrons. The van der Waals surface area contributed by atoms with E-state index in [-0.39, 0.29) is 0 Å². The van der Waals surface area contributed by atoms with E-state index in [1.807, 2.05) is 17.8 Å². The molecule has 0 aliphatic carbocycles. The number of hydrogen-bond acceptors (Lipinski definition) is 2. The smallest absolute Gasteiger partial charge is 0.0976 e. The summed E-state index contributed by atoms with van der Waals surface area (Å²) >= 11 is 1.82. The molecule has 1 rings (SSSR count). The van der Waals surface area contributed by atoms with Gasteiger partial charge in [0.05, 0.1) is 5.04 Å². The van der Waals surface area contributed by atoms with E-state index in [9.17, 15) is 0 Å². The maximum Gasteiger partial charge on any atom is 0.0976 e. The van der Waals surface area contributed by atoms with Gasteiger partial charge in [-0.15, -0.1) is 11.8 Å². The largest absolute Gasteiger partial charge is 0.278 e. The minimum Gasteiger partial charge on any atom is -0.278 e. The molecule has 0 heterocycles. The van der Waals surface area contributed by atoms with Crippen molar-refractivity contribution in [1.29, 1.82) is 0 Å². The Balaban J connectivity index is 2.77. The predicted octanol–water partition coefficient (Wildman–Crippen LogP) is 3.60. The molecule has 0 saturated carbocycles. The lowest BCUT2D eigenvalue weighted by Crippen LogP contribution is -1.97. The Hall–Kier alpha value is -0.760. The maximum absolute atomic E-state index is 4.58. The lowest BCUT2D eigenvalue weighted by Gasteiger charge is -2.04. The normalized spacial score (nSPS) is 11.7. The maximum atomic E-state index is 4.58. The van der Waals surface area contributed by atoms with E-state index in [1.54, 1.807) is 0 Å². The first-order valence-corrected chi connectivity index (χ1v) is 6.09. The molecule has 0 aromatic heterocycles. The van der Waals surface area contributed by atoms with Crippen LogP contribution in [0.3, 0.4) is 0 Å². The van der Waals surface area contributed by atoms with Crippen molar-refractivity contribution >= 4 is 16.8 Å². The van der Waals surface area contributed by atoms with Gasteiger partial charge in [-0.2, -0.15) is 0 Å². The van der Waals surface area contributed by atoms with Gasteiger partial charge < -0.3 is 0 Å². The zero-order valence-electron chi connectivity index (χ0n) is 8.86. The number of nitrogens with zero attached hydrogens (tertiary/aromatic N) is 1. The molecule has 0 unspecified atom stereocenters. The van der Waals surface area contributed by atoms with E-state index < -0.39 is 0 Å². The summed E-state index contributed by atoms with van der Waals surface area (Å²) < 4.78 is 0. The van der Waals surface area contributed by atoms with Crippen LogP contribution in [0.4, 0.5) is 0 Å². The second-order valence-electron chi connectivity index (χ2n) is 2.99. The summed E-state index contributed by atoms with van der Waals surface area (Å²) in [5.41, 5.74) is 1.24. The molecule has 0 spiro atoms. The van der Waals surface area contributed by atoms with Gasteiger partial charge in [0.15, 0.2) is 0 Å². The molecule has 0 aliphatic heterocycles. The van der Waals surface area contributed by atoms with Gasteiger partial charge in [0, 0.05) is 12.1 Å². The Morgan fingerprint density at radius 3 is 2.50 bits per heavy atom. The molecule has 0 radical (unpaired) electrons. The van der Waals surface area contributed by atoms with Crippen LogP contribution in [0.1, 0.15) is 25.8 Å². The third-order valence-electron chi connectivity index (χ3n) is 1.78. The topological polar surface area (TPSA) is 12.4 Å². The number of hydrogen-bond donors (Lipinski definition) is 0. The molecule has 14 heavy (non-hydrogen) atoms. The van der Waals surface area contributed by atoms with Gasteiger partial charge in [0.25, 0.3) is 0 Å². The van der Waals surface area contributed by atoms with Crippen molar-refractivity contribution in [1.82, 2.24) is 0 Å². The van der Waals surface area contributed by atoms with Crippen molar-refractivity contribution in [3.05, 3.63) is 35.9 Å². The molecule has 0 fully saturated rings. The summed E-state index contributed by atoms with van der Waals surface area (Å²) in [7, 11) is 0. The van der Waals surface area contributed by atoms with Gasteiger partial charge in [-0.1, -0.05) is 44.2 Å². The average Bonchev–Trinajstić information content (AvgIpc) is 2.25. The molecule has 0 aliphatic rings. The Kier molecular flexibility index (Phi) is 5.38. The number of rotatable bonds is 4. The lowest BCUT2D eigenvalue weighted by atomic mass is 10.2. The number of aliphatic imine (C=N–C) groups is 1. The Morgan fingerprint density at radius 2 is 1.93 bits per heavy atom. The monoisotopic (exact) mass is 207 g/mol. The highest BCUT2D eigenvalue weighted by molar-refractivity contribution is 8.14. The minimum atomic E-state index is 0.928. The van der Waals surface area contributed by atoms with Gasteiger partial charge in [0.2, 0.25) is 0 Å². The molecule has 1 nitrogen and oxygen atoms in total. The van der Waals surface area contributed by atoms with Crippen LogP contribution in [-0.2, 0) is 0 Å². The van der Waals surface area contributed by atoms with E-state index in [0.717, 1.165) is 18.7 Å². The fraction of sp³-hybridized carbons (Fsp3) is 0.417. The van der Waals surface area contributed by atoms with Crippen molar-refractivity contribution in [2.24, 2.45) is 4.99 Å². The summed E-state index contributed by atoms with van der Waals surface area (Å²) in [6.45, 7) is 5.25. The van der Waals surface area contributed by atoms with Crippen molar-refractivity contribution < 1.29 is 0 Å². The van der Waals surface area contributed by atoms with E-state index in [1.165, 1.54) is 10.6 Å². The van der Waals surface area contributed by atoms with E-state index >= 15 is 0 Å². The van der Waals surface area contributed by atoms with Crippen LogP contribution >= 0.6 is 11.8 Å². The first-order valence-electron chi connectivity index (χ1n) is 5.11. The molecular formula is C12H17NS. The quantitative estimate of drug-likeness (QED) is 0.543. The van der Waals surface area contributed by atoms with Crippen LogP contribution in [0.15, 0.2) is 35.3 Å². The fourth-order valence-corrected chi connectivity index (χ4v) is 1.91. The van der Waals surface area contributed by atoms with Crippen molar-refractivity contribution in [3.63, 3.8) is 0 Å². The highest BCUT2D eigenvalue weighted by Gasteiger charge is 2.00. The van der Waals surface area contributed by atoms with Gasteiger partial charge in [-0.25, -0.2) is 0 Å². The Morgan fingerprint density at radius 1 is 1.21 bits per heavy atom. The summed E-state index contributed by atoms with van der Waals surface area (Å²) in [5, 5.41) is 1.18. The van der Waals surface area contributed by atoms with E-state index in [2.05, 4.69) is 43.1 Å². The molecule has 1 aromatic rings. The van der Waals surface area contributed by atoms with Crippen LogP contribution in [0, 0.1) is 0 Å². The van der Waals surface area contributed by atoms with Crippen molar-refractivity contribution in [2.75, 3.05) is 12.3 Å². The molecule has 0 amide bonds. The highest BCUT2D eigenvalue weighted by atomic mass is 32.2. The third-order valence-corrected chi connectivity index (χ3v) is 2.71. The van der Waals surface area contributed by atoms with Gasteiger partial charge in [-0.3, -0.25) is 4.99 Å². The lowest BCUT2D eigenvalue weighted by molar-refractivity contribution is 0.936. The zero-order chi connectivity index (χ0) is 10.2. The summed E-state index contributed by atoms with van der Waals surface area (Å²) in [6.07, 6.45) is 1.11. The molecule has 1 aromatic carbocycles. The minimum absolute atomic E-state index is 0.928. The number of thioether (sulfide) groups is 1.